The fraction of sp³-hybridized carbons (Fsp3) is 0.222. The predicted octanol–water partition coefficient (Wildman–Crippen LogP) is 1.68. The Labute approximate surface area is 154 Å². The van der Waals surface area contributed by atoms with Gasteiger partial charge in [0.25, 0.3) is 0 Å². The number of ether oxygens (including phenoxy) is 1. The second-order valence-corrected chi connectivity index (χ2v) is 6.20. The van der Waals surface area contributed by atoms with Gasteiger partial charge in [0.2, 0.25) is 11.8 Å². The number of carboxylic acid groups (broad SMARTS) is 1. The average Bonchev–Trinajstić information content (AvgIpc) is 3.05. The number of amides is 1. The molecule has 1 aromatic carbocycles. The topological polar surface area (TPSA) is 110 Å². The number of carbonyl (C=O) groups excluding carboxylic acids is 1. The van der Waals surface area contributed by atoms with E-state index in [0.717, 1.165) is 22.2 Å². The summed E-state index contributed by atoms with van der Waals surface area (Å²) in [6.07, 6.45) is 1.88. The normalized spacial score (nSPS) is 14.9. The molecule has 27 heavy (non-hydrogen) atoms. The van der Waals surface area contributed by atoms with Gasteiger partial charge in [-0.3, -0.25) is 14.3 Å². The second-order valence-electron chi connectivity index (χ2n) is 6.20. The van der Waals surface area contributed by atoms with Gasteiger partial charge in [-0.15, -0.1) is 0 Å². The van der Waals surface area contributed by atoms with Crippen LogP contribution in [0.5, 0.6) is 11.6 Å². The van der Waals surface area contributed by atoms with Crippen LogP contribution in [0.15, 0.2) is 42.9 Å². The van der Waals surface area contributed by atoms with Gasteiger partial charge in [-0.2, -0.15) is 0 Å². The summed E-state index contributed by atoms with van der Waals surface area (Å²) < 4.78 is 6.95. The molecule has 1 aliphatic heterocycles. The van der Waals surface area contributed by atoms with Crippen LogP contribution in [0.3, 0.4) is 0 Å². The second kappa shape index (κ2) is 7.04. The van der Waals surface area contributed by atoms with Crippen molar-refractivity contribution in [2.75, 3.05) is 19.6 Å². The third-order valence-corrected chi connectivity index (χ3v) is 4.29. The van der Waals surface area contributed by atoms with Crippen molar-refractivity contribution in [1.82, 2.24) is 24.8 Å². The molecule has 138 valence electrons. The van der Waals surface area contributed by atoms with Gasteiger partial charge in [-0.25, -0.2) is 14.8 Å². The molecule has 0 saturated carbocycles. The first-order chi connectivity index (χ1) is 13.1. The van der Waals surface area contributed by atoms with Crippen molar-refractivity contribution in [2.45, 2.75) is 6.54 Å². The molecule has 0 unspecified atom stereocenters. The fourth-order valence-electron chi connectivity index (χ4n) is 3.05. The Bertz CT molecular complexity index is 1020. The largest absolute Gasteiger partial charge is 0.464 e. The summed E-state index contributed by atoms with van der Waals surface area (Å²) in [5.41, 5.74) is 1.34. The number of nitrogens with zero attached hydrogens (tertiary/aromatic N) is 4. The molecule has 0 spiro atoms. The molecule has 9 heteroatoms. The fourth-order valence-corrected chi connectivity index (χ4v) is 3.05. The summed E-state index contributed by atoms with van der Waals surface area (Å²) in [6.45, 7) is 2.27. The summed E-state index contributed by atoms with van der Waals surface area (Å²) in [5, 5.41) is 12.7. The molecule has 0 atom stereocenters. The Morgan fingerprint density at radius 3 is 2.96 bits per heavy atom. The van der Waals surface area contributed by atoms with E-state index < -0.39 is 6.09 Å². The molecule has 3 heterocycles. The van der Waals surface area contributed by atoms with Crippen LogP contribution in [0.1, 0.15) is 5.69 Å². The molecular weight excluding hydrogens is 350 g/mol. The van der Waals surface area contributed by atoms with Gasteiger partial charge in [0, 0.05) is 37.3 Å². The number of nitrogens with one attached hydrogen (secondary N) is 1. The summed E-state index contributed by atoms with van der Waals surface area (Å²) in [5.74, 6) is 0.944. The molecule has 9 nitrogen and oxygen atoms in total. The maximum atomic E-state index is 11.5. The third kappa shape index (κ3) is 3.72. The zero-order valence-electron chi connectivity index (χ0n) is 14.3. The van der Waals surface area contributed by atoms with Gasteiger partial charge in [-0.1, -0.05) is 0 Å². The standard InChI is InChI=1S/C18H17N5O4/c24-16-10-22(6-4-19-16)9-13-8-17(21-11-20-13)27-14-1-2-15-12(7-14)3-5-23(15)18(25)26/h1-3,5,7-8,11H,4,6,9-10H2,(H,19,24)(H,25,26). The summed E-state index contributed by atoms with van der Waals surface area (Å²) in [7, 11) is 0. The van der Waals surface area contributed by atoms with E-state index in [-0.39, 0.29) is 5.91 Å². The lowest BCUT2D eigenvalue weighted by molar-refractivity contribution is -0.124. The minimum atomic E-state index is -1.04. The molecule has 3 aromatic rings. The first-order valence-corrected chi connectivity index (χ1v) is 8.41. The average molecular weight is 367 g/mol. The van der Waals surface area contributed by atoms with E-state index in [0.29, 0.717) is 36.8 Å². The van der Waals surface area contributed by atoms with Gasteiger partial charge >= 0.3 is 6.09 Å². The van der Waals surface area contributed by atoms with Gasteiger partial charge in [0.15, 0.2) is 0 Å². The van der Waals surface area contributed by atoms with E-state index in [1.54, 1.807) is 30.3 Å². The van der Waals surface area contributed by atoms with E-state index in [4.69, 9.17) is 9.84 Å². The van der Waals surface area contributed by atoms with Crippen molar-refractivity contribution in [3.8, 4) is 11.6 Å². The highest BCUT2D eigenvalue weighted by Gasteiger charge is 2.17. The highest BCUT2D eigenvalue weighted by atomic mass is 16.5. The van der Waals surface area contributed by atoms with Gasteiger partial charge in [0.1, 0.15) is 12.1 Å². The van der Waals surface area contributed by atoms with E-state index in [2.05, 4.69) is 15.3 Å². The molecular formula is C18H17N5O4. The SMILES string of the molecule is O=C1CN(Cc2cc(Oc3ccc4c(ccn4C(=O)O)c3)ncn2)CCN1. The van der Waals surface area contributed by atoms with Crippen molar-refractivity contribution < 1.29 is 19.4 Å². The molecule has 2 N–H and O–H groups in total. The number of aromatic nitrogens is 3. The van der Waals surface area contributed by atoms with E-state index in [1.165, 1.54) is 12.5 Å². The molecule has 1 aliphatic rings. The first-order valence-electron chi connectivity index (χ1n) is 8.41. The Hall–Kier alpha value is -3.46. The number of hydrogen-bond donors (Lipinski definition) is 2. The monoisotopic (exact) mass is 367 g/mol. The van der Waals surface area contributed by atoms with Crippen LogP contribution < -0.4 is 10.1 Å². The number of rotatable bonds is 4. The molecule has 0 radical (unpaired) electrons. The van der Waals surface area contributed by atoms with Crippen molar-refractivity contribution in [1.29, 1.82) is 0 Å². The zero-order chi connectivity index (χ0) is 18.8. The molecule has 4 rings (SSSR count). The van der Waals surface area contributed by atoms with Crippen LogP contribution in [0.25, 0.3) is 10.9 Å². The molecule has 1 fully saturated rings. The van der Waals surface area contributed by atoms with Crippen LogP contribution in [0, 0.1) is 0 Å². The van der Waals surface area contributed by atoms with E-state index >= 15 is 0 Å². The third-order valence-electron chi connectivity index (χ3n) is 4.29. The minimum absolute atomic E-state index is 0.00776. The summed E-state index contributed by atoms with van der Waals surface area (Å²) in [4.78, 5) is 33.0. The van der Waals surface area contributed by atoms with Gasteiger partial charge in [0.05, 0.1) is 17.8 Å². The molecule has 2 aromatic heterocycles. The number of hydrogen-bond acceptors (Lipinski definition) is 6. The van der Waals surface area contributed by atoms with Crippen molar-refractivity contribution in [3.05, 3.63) is 48.5 Å². The number of benzene rings is 1. The lowest BCUT2D eigenvalue weighted by Gasteiger charge is -2.25. The van der Waals surface area contributed by atoms with Crippen LogP contribution in [-0.2, 0) is 11.3 Å². The maximum Gasteiger partial charge on any atom is 0.415 e. The Morgan fingerprint density at radius 1 is 1.26 bits per heavy atom. The number of carbonyl (C=O) groups is 2. The van der Waals surface area contributed by atoms with Gasteiger partial charge < -0.3 is 15.2 Å². The van der Waals surface area contributed by atoms with Crippen molar-refractivity contribution >= 4 is 22.9 Å². The Morgan fingerprint density at radius 2 is 2.15 bits per heavy atom. The molecule has 0 aliphatic carbocycles. The van der Waals surface area contributed by atoms with Crippen LogP contribution in [-0.4, -0.2) is 56.2 Å². The molecule has 0 bridgehead atoms. The first kappa shape index (κ1) is 17.0. The number of piperazine rings is 1. The van der Waals surface area contributed by atoms with Crippen LogP contribution in [0.4, 0.5) is 4.79 Å². The molecule has 1 saturated heterocycles. The van der Waals surface area contributed by atoms with Crippen LogP contribution >= 0.6 is 0 Å². The predicted molar refractivity (Wildman–Crippen MR) is 95.8 cm³/mol. The van der Waals surface area contributed by atoms with E-state index in [9.17, 15) is 9.59 Å². The van der Waals surface area contributed by atoms with Crippen molar-refractivity contribution in [2.24, 2.45) is 0 Å². The lowest BCUT2D eigenvalue weighted by atomic mass is 10.2. The summed E-state index contributed by atoms with van der Waals surface area (Å²) in [6, 6.07) is 8.58. The maximum absolute atomic E-state index is 11.5. The van der Waals surface area contributed by atoms with E-state index in [1.807, 2.05) is 4.90 Å². The smallest absolute Gasteiger partial charge is 0.415 e. The zero-order valence-corrected chi connectivity index (χ0v) is 14.3. The number of fused-ring (bicyclic) bond motifs is 1. The van der Waals surface area contributed by atoms with Gasteiger partial charge in [-0.05, 0) is 24.3 Å². The highest BCUT2D eigenvalue weighted by Crippen LogP contribution is 2.25. The Kier molecular flexibility index (Phi) is 4.43. The van der Waals surface area contributed by atoms with Crippen molar-refractivity contribution in [3.63, 3.8) is 0 Å². The molecule has 1 amide bonds. The van der Waals surface area contributed by atoms with Crippen LogP contribution in [0.2, 0.25) is 0 Å². The Balaban J connectivity index is 1.50. The summed E-state index contributed by atoms with van der Waals surface area (Å²) >= 11 is 0. The lowest BCUT2D eigenvalue weighted by Crippen LogP contribution is -2.47. The highest BCUT2D eigenvalue weighted by molar-refractivity contribution is 5.89. The quantitative estimate of drug-likeness (QED) is 0.722. The minimum Gasteiger partial charge on any atom is -0.464 e.